The van der Waals surface area contributed by atoms with E-state index in [9.17, 15) is 0 Å². The predicted molar refractivity (Wildman–Crippen MR) is 80.2 cm³/mol. The number of methoxy groups -OCH3 is 3. The third-order valence-corrected chi connectivity index (χ3v) is 2.84. The number of benzene rings is 1. The van der Waals surface area contributed by atoms with Gasteiger partial charge in [0.15, 0.2) is 23.1 Å². The third-order valence-electron chi connectivity index (χ3n) is 2.84. The van der Waals surface area contributed by atoms with E-state index in [0.717, 1.165) is 0 Å². The lowest BCUT2D eigenvalue weighted by atomic mass is 10.2. The van der Waals surface area contributed by atoms with E-state index in [-0.39, 0.29) is 11.5 Å². The van der Waals surface area contributed by atoms with Crippen molar-refractivity contribution in [3.63, 3.8) is 0 Å². The lowest BCUT2D eigenvalue weighted by Crippen LogP contribution is -2.05. The Hall–Kier alpha value is -2.90. The van der Waals surface area contributed by atoms with Crippen molar-refractivity contribution in [3.8, 4) is 17.2 Å². The number of ether oxygens (including phenoxy) is 3. The zero-order valence-electron chi connectivity index (χ0n) is 12.0. The van der Waals surface area contributed by atoms with E-state index >= 15 is 0 Å². The van der Waals surface area contributed by atoms with Crippen LogP contribution in [-0.4, -0.2) is 31.3 Å². The molecule has 8 heteroatoms. The van der Waals surface area contributed by atoms with Crippen molar-refractivity contribution in [2.24, 2.45) is 0 Å². The molecule has 0 spiro atoms. The van der Waals surface area contributed by atoms with E-state index in [1.165, 1.54) is 27.7 Å². The summed E-state index contributed by atoms with van der Waals surface area (Å²) in [6.45, 7) is 0. The van der Waals surface area contributed by atoms with Crippen LogP contribution in [0.4, 0.5) is 23.0 Å². The summed E-state index contributed by atoms with van der Waals surface area (Å²) in [6.07, 6.45) is 1.33. The van der Waals surface area contributed by atoms with Crippen LogP contribution in [0.25, 0.3) is 0 Å². The molecule has 0 amide bonds. The maximum atomic E-state index is 5.83. The molecule has 0 bridgehead atoms. The van der Waals surface area contributed by atoms with Crippen LogP contribution in [0.5, 0.6) is 17.2 Å². The Morgan fingerprint density at radius 3 is 2.10 bits per heavy atom. The lowest BCUT2D eigenvalue weighted by molar-refractivity contribution is 0.324. The highest BCUT2D eigenvalue weighted by Gasteiger charge is 2.14. The summed E-state index contributed by atoms with van der Waals surface area (Å²) in [4.78, 5) is 7.86. The van der Waals surface area contributed by atoms with Crippen molar-refractivity contribution in [2.45, 2.75) is 0 Å². The molecule has 5 N–H and O–H groups in total. The molecule has 1 heterocycles. The minimum atomic E-state index is 0.208. The summed E-state index contributed by atoms with van der Waals surface area (Å²) >= 11 is 0. The van der Waals surface area contributed by atoms with Crippen LogP contribution in [0, 0.1) is 0 Å². The first kappa shape index (κ1) is 14.5. The first-order chi connectivity index (χ1) is 10.1. The highest BCUT2D eigenvalue weighted by Crippen LogP contribution is 2.40. The summed E-state index contributed by atoms with van der Waals surface area (Å²) < 4.78 is 15.8. The fourth-order valence-corrected chi connectivity index (χ4v) is 1.80. The standard InChI is InChI=1S/C13H17N5O3/c1-19-8-4-7(5-9(20-2)11(8)21-3)18-13-10(14)12(15)16-6-17-13/h4-6H,14H2,1-3H3,(H3,15,16,17,18). The molecule has 0 aliphatic rings. The van der Waals surface area contributed by atoms with Gasteiger partial charge in [0.2, 0.25) is 5.75 Å². The van der Waals surface area contributed by atoms with Gasteiger partial charge in [-0.25, -0.2) is 9.97 Å². The van der Waals surface area contributed by atoms with E-state index in [4.69, 9.17) is 25.7 Å². The van der Waals surface area contributed by atoms with Crippen molar-refractivity contribution in [1.29, 1.82) is 0 Å². The van der Waals surface area contributed by atoms with Gasteiger partial charge in [-0.3, -0.25) is 0 Å². The fourth-order valence-electron chi connectivity index (χ4n) is 1.80. The summed E-state index contributed by atoms with van der Waals surface area (Å²) in [6, 6.07) is 3.47. The molecule has 21 heavy (non-hydrogen) atoms. The number of nitrogens with two attached hydrogens (primary N) is 2. The van der Waals surface area contributed by atoms with Crippen molar-refractivity contribution >= 4 is 23.0 Å². The molecule has 2 aromatic rings. The minimum absolute atomic E-state index is 0.208. The van der Waals surface area contributed by atoms with Crippen LogP contribution in [0.2, 0.25) is 0 Å². The minimum Gasteiger partial charge on any atom is -0.493 e. The second-order valence-corrected chi connectivity index (χ2v) is 4.06. The van der Waals surface area contributed by atoms with Gasteiger partial charge in [0.25, 0.3) is 0 Å². The van der Waals surface area contributed by atoms with Crippen LogP contribution in [0.1, 0.15) is 0 Å². The Balaban J connectivity index is 2.43. The van der Waals surface area contributed by atoms with Crippen molar-refractivity contribution < 1.29 is 14.2 Å². The molecular formula is C13H17N5O3. The number of nitrogens with one attached hydrogen (secondary N) is 1. The molecule has 1 aromatic carbocycles. The number of aromatic nitrogens is 2. The molecule has 0 aliphatic heterocycles. The number of nitrogens with zero attached hydrogens (tertiary/aromatic N) is 2. The fraction of sp³-hybridized carbons (Fsp3) is 0.231. The molecule has 8 nitrogen and oxygen atoms in total. The van der Waals surface area contributed by atoms with E-state index in [1.54, 1.807) is 12.1 Å². The monoisotopic (exact) mass is 291 g/mol. The van der Waals surface area contributed by atoms with Gasteiger partial charge in [-0.1, -0.05) is 0 Å². The first-order valence-electron chi connectivity index (χ1n) is 6.03. The molecule has 0 fully saturated rings. The van der Waals surface area contributed by atoms with Crippen LogP contribution < -0.4 is 31.0 Å². The first-order valence-corrected chi connectivity index (χ1v) is 6.03. The van der Waals surface area contributed by atoms with Gasteiger partial charge in [0.1, 0.15) is 12.0 Å². The van der Waals surface area contributed by atoms with Crippen molar-refractivity contribution in [1.82, 2.24) is 9.97 Å². The topological polar surface area (TPSA) is 118 Å². The van der Waals surface area contributed by atoms with Gasteiger partial charge >= 0.3 is 0 Å². The van der Waals surface area contributed by atoms with Gasteiger partial charge < -0.3 is 31.0 Å². The number of hydrogen-bond acceptors (Lipinski definition) is 8. The normalized spacial score (nSPS) is 10.0. The van der Waals surface area contributed by atoms with E-state index in [1.807, 2.05) is 0 Å². The number of anilines is 4. The molecule has 0 radical (unpaired) electrons. The van der Waals surface area contributed by atoms with Crippen LogP contribution in [0.15, 0.2) is 18.5 Å². The second-order valence-electron chi connectivity index (χ2n) is 4.06. The largest absolute Gasteiger partial charge is 0.493 e. The molecule has 1 aromatic heterocycles. The lowest BCUT2D eigenvalue weighted by Gasteiger charge is -2.15. The van der Waals surface area contributed by atoms with Gasteiger partial charge in [-0.2, -0.15) is 0 Å². The zero-order chi connectivity index (χ0) is 15.4. The van der Waals surface area contributed by atoms with Gasteiger partial charge in [-0.05, 0) is 0 Å². The number of rotatable bonds is 5. The Labute approximate surface area is 122 Å². The zero-order valence-corrected chi connectivity index (χ0v) is 12.0. The highest BCUT2D eigenvalue weighted by atomic mass is 16.5. The SMILES string of the molecule is COc1cc(Nc2ncnc(N)c2N)cc(OC)c1OC. The van der Waals surface area contributed by atoms with Crippen molar-refractivity contribution in [3.05, 3.63) is 18.5 Å². The maximum absolute atomic E-state index is 5.83. The predicted octanol–water partition coefficient (Wildman–Crippen LogP) is 1.41. The van der Waals surface area contributed by atoms with Crippen LogP contribution in [-0.2, 0) is 0 Å². The Kier molecular flexibility index (Phi) is 4.17. The molecular weight excluding hydrogens is 274 g/mol. The molecule has 0 unspecified atom stereocenters. The van der Waals surface area contributed by atoms with Crippen molar-refractivity contribution in [2.75, 3.05) is 38.1 Å². The molecule has 0 atom stereocenters. The average Bonchev–Trinajstić information content (AvgIpc) is 2.50. The quantitative estimate of drug-likeness (QED) is 0.756. The summed E-state index contributed by atoms with van der Waals surface area (Å²) in [7, 11) is 4.62. The number of hydrogen-bond donors (Lipinski definition) is 3. The second kappa shape index (κ2) is 6.04. The average molecular weight is 291 g/mol. The third kappa shape index (κ3) is 2.83. The Bertz CT molecular complexity index is 623. The number of nitrogen functional groups attached to an aromatic ring is 2. The molecule has 0 aliphatic carbocycles. The van der Waals surface area contributed by atoms with Crippen LogP contribution >= 0.6 is 0 Å². The van der Waals surface area contributed by atoms with E-state index in [0.29, 0.717) is 28.8 Å². The smallest absolute Gasteiger partial charge is 0.203 e. The van der Waals surface area contributed by atoms with E-state index < -0.39 is 0 Å². The summed E-state index contributed by atoms with van der Waals surface area (Å²) in [5, 5.41) is 3.04. The summed E-state index contributed by atoms with van der Waals surface area (Å²) in [5.74, 6) is 2.14. The highest BCUT2D eigenvalue weighted by molar-refractivity contribution is 5.77. The molecule has 0 saturated carbocycles. The molecule has 2 rings (SSSR count). The van der Waals surface area contributed by atoms with Gasteiger partial charge in [0.05, 0.1) is 21.3 Å². The van der Waals surface area contributed by atoms with E-state index in [2.05, 4.69) is 15.3 Å². The maximum Gasteiger partial charge on any atom is 0.203 e. The molecule has 112 valence electrons. The van der Waals surface area contributed by atoms with Crippen LogP contribution in [0.3, 0.4) is 0 Å². The Morgan fingerprint density at radius 2 is 1.57 bits per heavy atom. The van der Waals surface area contributed by atoms with Gasteiger partial charge in [-0.15, -0.1) is 0 Å². The molecule has 0 saturated heterocycles. The van der Waals surface area contributed by atoms with Gasteiger partial charge in [0, 0.05) is 17.8 Å². The Morgan fingerprint density at radius 1 is 0.952 bits per heavy atom. The summed E-state index contributed by atoms with van der Waals surface area (Å²) in [5.41, 5.74) is 12.4.